The minimum atomic E-state index is -0.376. The van der Waals surface area contributed by atoms with Crippen molar-refractivity contribution in [1.82, 2.24) is 9.55 Å². The van der Waals surface area contributed by atoms with Crippen LogP contribution in [0.2, 0.25) is 0 Å². The van der Waals surface area contributed by atoms with Gasteiger partial charge in [0.15, 0.2) is 5.82 Å². The summed E-state index contributed by atoms with van der Waals surface area (Å²) in [5.41, 5.74) is 4.42. The number of carbonyl (C=O) groups excluding carboxylic acids is 1. The Balaban J connectivity index is 1.59. The predicted molar refractivity (Wildman–Crippen MR) is 123 cm³/mol. The molecule has 0 aliphatic carbocycles. The Kier molecular flexibility index (Phi) is 6.00. The summed E-state index contributed by atoms with van der Waals surface area (Å²) in [4.78, 5) is 16.2. The SMILES string of the molecule is COC(=O)c1ccc(COc2ccccc2/C=C(\C#N)c2nc3ccccc3n2C)cc1. The maximum Gasteiger partial charge on any atom is 0.337 e. The molecule has 0 N–H and O–H groups in total. The molecule has 1 heterocycles. The molecular weight excluding hydrogens is 402 g/mol. The standard InChI is InChI=1S/C26H21N3O3/c1-29-23-9-5-4-8-22(23)28-25(29)21(16-27)15-20-7-3-6-10-24(20)32-17-18-11-13-19(14-12-18)26(30)31-2/h3-15H,17H2,1-2H3/b21-15+. The predicted octanol–water partition coefficient (Wildman–Crippen LogP) is 5.00. The third-order valence-corrected chi connectivity index (χ3v) is 5.14. The molecule has 0 unspecified atom stereocenters. The lowest BCUT2D eigenvalue weighted by Gasteiger charge is -2.10. The third-order valence-electron chi connectivity index (χ3n) is 5.14. The number of ether oxygens (including phenoxy) is 2. The summed E-state index contributed by atoms with van der Waals surface area (Å²) in [5.74, 6) is 0.872. The number of benzene rings is 3. The van der Waals surface area contributed by atoms with Crippen molar-refractivity contribution in [3.05, 3.63) is 95.3 Å². The number of rotatable bonds is 6. The zero-order valence-electron chi connectivity index (χ0n) is 17.8. The second kappa shape index (κ2) is 9.19. The van der Waals surface area contributed by atoms with E-state index in [0.717, 1.165) is 22.2 Å². The van der Waals surface area contributed by atoms with Gasteiger partial charge in [-0.3, -0.25) is 0 Å². The molecule has 0 saturated carbocycles. The zero-order chi connectivity index (χ0) is 22.5. The molecule has 0 atom stereocenters. The minimum absolute atomic E-state index is 0.320. The number of aryl methyl sites for hydroxylation is 1. The number of methoxy groups -OCH3 is 1. The quantitative estimate of drug-likeness (QED) is 0.322. The first kappa shape index (κ1) is 20.9. The highest BCUT2D eigenvalue weighted by atomic mass is 16.5. The smallest absolute Gasteiger partial charge is 0.337 e. The van der Waals surface area contributed by atoms with Crippen LogP contribution >= 0.6 is 0 Å². The molecule has 4 rings (SSSR count). The summed E-state index contributed by atoms with van der Waals surface area (Å²) in [5, 5.41) is 9.83. The van der Waals surface area contributed by atoms with Crippen molar-refractivity contribution < 1.29 is 14.3 Å². The van der Waals surface area contributed by atoms with Crippen LogP contribution in [-0.4, -0.2) is 22.6 Å². The van der Waals surface area contributed by atoms with Gasteiger partial charge in [-0.2, -0.15) is 5.26 Å². The van der Waals surface area contributed by atoms with Crippen molar-refractivity contribution >= 4 is 28.7 Å². The zero-order valence-corrected chi connectivity index (χ0v) is 17.8. The normalized spacial score (nSPS) is 11.2. The molecule has 0 bridgehead atoms. The fourth-order valence-electron chi connectivity index (χ4n) is 3.44. The number of para-hydroxylation sites is 3. The topological polar surface area (TPSA) is 77.1 Å². The van der Waals surface area contributed by atoms with Crippen LogP contribution in [0.3, 0.4) is 0 Å². The van der Waals surface area contributed by atoms with Gasteiger partial charge in [0.2, 0.25) is 0 Å². The van der Waals surface area contributed by atoms with Crippen LogP contribution in [-0.2, 0) is 18.4 Å². The van der Waals surface area contributed by atoms with Gasteiger partial charge in [-0.25, -0.2) is 9.78 Å². The number of hydrogen-bond donors (Lipinski definition) is 0. The average Bonchev–Trinajstić information content (AvgIpc) is 3.18. The van der Waals surface area contributed by atoms with Crippen LogP contribution in [0.4, 0.5) is 0 Å². The fraction of sp³-hybridized carbons (Fsp3) is 0.115. The van der Waals surface area contributed by atoms with Crippen molar-refractivity contribution in [2.45, 2.75) is 6.61 Å². The van der Waals surface area contributed by atoms with Crippen molar-refractivity contribution in [2.75, 3.05) is 7.11 Å². The Morgan fingerprint density at radius 1 is 1.06 bits per heavy atom. The number of imidazole rings is 1. The van der Waals surface area contributed by atoms with Crippen LogP contribution in [0.15, 0.2) is 72.8 Å². The first-order chi connectivity index (χ1) is 15.6. The Morgan fingerprint density at radius 3 is 2.50 bits per heavy atom. The second-order valence-electron chi connectivity index (χ2n) is 7.17. The van der Waals surface area contributed by atoms with Crippen molar-refractivity contribution in [3.8, 4) is 11.8 Å². The number of aromatic nitrogens is 2. The third kappa shape index (κ3) is 4.23. The number of nitriles is 1. The number of esters is 1. The van der Waals surface area contributed by atoms with E-state index in [2.05, 4.69) is 11.1 Å². The van der Waals surface area contributed by atoms with Crippen LogP contribution in [0.5, 0.6) is 5.75 Å². The highest BCUT2D eigenvalue weighted by molar-refractivity contribution is 5.91. The highest BCUT2D eigenvalue weighted by Gasteiger charge is 2.13. The molecule has 0 amide bonds. The van der Waals surface area contributed by atoms with E-state index in [1.165, 1.54) is 7.11 Å². The lowest BCUT2D eigenvalue weighted by molar-refractivity contribution is 0.0600. The van der Waals surface area contributed by atoms with Crippen LogP contribution in [0, 0.1) is 11.3 Å². The van der Waals surface area contributed by atoms with E-state index in [4.69, 9.17) is 9.47 Å². The molecule has 6 nitrogen and oxygen atoms in total. The summed E-state index contributed by atoms with van der Waals surface area (Å²) < 4.78 is 12.7. The lowest BCUT2D eigenvalue weighted by Crippen LogP contribution is -2.02. The first-order valence-corrected chi connectivity index (χ1v) is 10.0. The van der Waals surface area contributed by atoms with Gasteiger partial charge in [0.1, 0.15) is 18.4 Å². The fourth-order valence-corrected chi connectivity index (χ4v) is 3.44. The summed E-state index contributed by atoms with van der Waals surface area (Å²) in [6.07, 6.45) is 1.79. The highest BCUT2D eigenvalue weighted by Crippen LogP contribution is 2.26. The molecule has 0 saturated heterocycles. The molecule has 0 aliphatic rings. The molecule has 4 aromatic rings. The van der Waals surface area contributed by atoms with Gasteiger partial charge >= 0.3 is 5.97 Å². The molecule has 32 heavy (non-hydrogen) atoms. The number of allylic oxidation sites excluding steroid dienone is 1. The van der Waals surface area contributed by atoms with Crippen molar-refractivity contribution in [2.24, 2.45) is 7.05 Å². The van der Waals surface area contributed by atoms with Gasteiger partial charge in [0.05, 0.1) is 29.3 Å². The lowest BCUT2D eigenvalue weighted by atomic mass is 10.1. The molecule has 0 radical (unpaired) electrons. The molecule has 1 aromatic heterocycles. The maximum atomic E-state index is 11.6. The Labute approximate surface area is 186 Å². The summed E-state index contributed by atoms with van der Waals surface area (Å²) in [6.45, 7) is 0.320. The summed E-state index contributed by atoms with van der Waals surface area (Å²) >= 11 is 0. The first-order valence-electron chi connectivity index (χ1n) is 10.0. The maximum absolute atomic E-state index is 11.6. The number of fused-ring (bicyclic) bond motifs is 1. The van der Waals surface area contributed by atoms with E-state index in [1.807, 2.05) is 72.3 Å². The molecule has 3 aromatic carbocycles. The van der Waals surface area contributed by atoms with Gasteiger partial charge in [0.25, 0.3) is 0 Å². The largest absolute Gasteiger partial charge is 0.488 e. The molecular formula is C26H21N3O3. The van der Waals surface area contributed by atoms with E-state index in [0.29, 0.717) is 29.3 Å². The second-order valence-corrected chi connectivity index (χ2v) is 7.17. The van der Waals surface area contributed by atoms with Crippen molar-refractivity contribution in [1.29, 1.82) is 5.26 Å². The van der Waals surface area contributed by atoms with Gasteiger partial charge in [0, 0.05) is 12.6 Å². The Morgan fingerprint density at radius 2 is 1.78 bits per heavy atom. The summed E-state index contributed by atoms with van der Waals surface area (Å²) in [6, 6.07) is 24.6. The molecule has 6 heteroatoms. The Bertz CT molecular complexity index is 1350. The molecule has 0 spiro atoms. The van der Waals surface area contributed by atoms with Crippen LogP contribution < -0.4 is 4.74 Å². The molecule has 158 valence electrons. The van der Waals surface area contributed by atoms with E-state index in [1.54, 1.807) is 18.2 Å². The number of nitrogens with zero attached hydrogens (tertiary/aromatic N) is 3. The van der Waals surface area contributed by atoms with Gasteiger partial charge in [-0.1, -0.05) is 42.5 Å². The summed E-state index contributed by atoms with van der Waals surface area (Å²) in [7, 11) is 3.25. The van der Waals surface area contributed by atoms with Crippen molar-refractivity contribution in [3.63, 3.8) is 0 Å². The van der Waals surface area contributed by atoms with E-state index < -0.39 is 0 Å². The number of carbonyl (C=O) groups is 1. The monoisotopic (exact) mass is 423 g/mol. The van der Waals surface area contributed by atoms with Crippen LogP contribution in [0.25, 0.3) is 22.7 Å². The van der Waals surface area contributed by atoms with E-state index in [-0.39, 0.29) is 5.97 Å². The van der Waals surface area contributed by atoms with Gasteiger partial charge in [-0.15, -0.1) is 0 Å². The molecule has 0 fully saturated rings. The van der Waals surface area contributed by atoms with E-state index >= 15 is 0 Å². The minimum Gasteiger partial charge on any atom is -0.488 e. The number of hydrogen-bond acceptors (Lipinski definition) is 5. The van der Waals surface area contributed by atoms with Gasteiger partial charge in [-0.05, 0) is 42.0 Å². The van der Waals surface area contributed by atoms with Crippen LogP contribution in [0.1, 0.15) is 27.3 Å². The van der Waals surface area contributed by atoms with Gasteiger partial charge < -0.3 is 14.0 Å². The van der Waals surface area contributed by atoms with E-state index in [9.17, 15) is 10.1 Å². The molecule has 0 aliphatic heterocycles. The Hall–Kier alpha value is -4.37. The average molecular weight is 423 g/mol.